The van der Waals surface area contributed by atoms with Crippen LogP contribution < -0.4 is 86.3 Å². The minimum atomic E-state index is -1.89. The van der Waals surface area contributed by atoms with Crippen LogP contribution in [-0.2, 0) is 92.8 Å². The van der Waals surface area contributed by atoms with Crippen molar-refractivity contribution < 1.29 is 87.5 Å². The molecular weight excluding hydrogens is 1490 g/mol. The van der Waals surface area contributed by atoms with Crippen LogP contribution >= 0.6 is 25.3 Å². The van der Waals surface area contributed by atoms with Gasteiger partial charge in [0, 0.05) is 54.3 Å². The molecule has 5 aromatic rings. The average molecular weight is 1600 g/mol. The number of aliphatic hydroxyl groups excluding tert-OH is 3. The molecule has 0 fully saturated rings. The molecule has 1 aromatic heterocycles. The highest BCUT2D eigenvalue weighted by atomic mass is 32.1. The Balaban J connectivity index is 1.44. The van der Waals surface area contributed by atoms with Gasteiger partial charge in [-0.2, -0.15) is 25.3 Å². The molecule has 0 saturated heterocycles. The van der Waals surface area contributed by atoms with Crippen LogP contribution in [0.1, 0.15) is 88.5 Å². The Morgan fingerprint density at radius 1 is 0.402 bits per heavy atom. The van der Waals surface area contributed by atoms with Crippen molar-refractivity contribution in [3.05, 3.63) is 144 Å². The van der Waals surface area contributed by atoms with E-state index in [1.54, 1.807) is 121 Å². The number of thiol groups is 2. The molecular formula is C75H105N17O18S2. The summed E-state index contributed by atoms with van der Waals surface area (Å²) >= 11 is 8.10. The third kappa shape index (κ3) is 30.3. The fourth-order valence-electron chi connectivity index (χ4n) is 11.5. The van der Waals surface area contributed by atoms with E-state index in [9.17, 15) is 73.2 Å². The van der Waals surface area contributed by atoms with Crippen LogP contribution in [-0.4, -0.2) is 237 Å². The molecule has 0 unspecified atom stereocenters. The number of aromatic nitrogens is 1. The predicted octanol–water partition coefficient (Wildman–Crippen LogP) is -4.30. The Morgan fingerprint density at radius 2 is 0.759 bits per heavy atom. The minimum Gasteiger partial charge on any atom is -0.480 e. The lowest BCUT2D eigenvalue weighted by atomic mass is 10.00. The number of fused-ring (bicyclic) bond motifs is 1. The Bertz CT molecular complexity index is 3960. The van der Waals surface area contributed by atoms with Crippen molar-refractivity contribution in [3.8, 4) is 0 Å². The molecule has 15 atom stereocenters. The number of carbonyl (C=O) groups is 14. The Hall–Kier alpha value is -10.5. The summed E-state index contributed by atoms with van der Waals surface area (Å²) in [4.78, 5) is 197. The number of carboxylic acid groups (broad SMARTS) is 1. The lowest BCUT2D eigenvalue weighted by molar-refractivity contribution is -0.142. The zero-order valence-electron chi connectivity index (χ0n) is 62.7. The number of H-pyrrole nitrogens is 1. The number of unbranched alkanes of at least 4 members (excludes halogenated alkanes) is 2. The van der Waals surface area contributed by atoms with Crippen molar-refractivity contribution in [2.24, 2.45) is 17.2 Å². The second-order valence-corrected chi connectivity index (χ2v) is 27.6. The van der Waals surface area contributed by atoms with Gasteiger partial charge in [-0.1, -0.05) is 109 Å². The van der Waals surface area contributed by atoms with Crippen molar-refractivity contribution in [1.82, 2.24) is 74.1 Å². The number of carboxylic acids is 1. The SMILES string of the molecule is C[C@H](N)C(=O)NCC(=O)N[C@@H](CS)C(=O)N[C@@H](CCCCN)C(=O)N[C@H](C)C(=O)N[C@@H](Cc1ccccc1)C(=O)N[C@@H](Cc1ccccc1)C(=O)N[C@H](Cc1c[nH]c2ccccc12)C(=O)N[C@@H](CCCCN)C(=O)N[C@H](C(=O)N[C@@H](Cc1ccccc1)C(=O)N[C@H](C(=O)N[C@@H](CO)C(=O)N[C@@H](CS)C(=O)O)[C@@H](C)O)[C@@H](C)O. The number of para-hydroxylation sites is 1. The van der Waals surface area contributed by atoms with E-state index in [0.29, 0.717) is 52.4 Å². The van der Waals surface area contributed by atoms with E-state index in [2.05, 4.69) is 99.4 Å². The number of amides is 13. The highest BCUT2D eigenvalue weighted by Gasteiger charge is 2.39. The molecule has 35 nitrogen and oxygen atoms in total. The molecule has 0 bridgehead atoms. The summed E-state index contributed by atoms with van der Waals surface area (Å²) in [5.74, 6) is -14.3. The van der Waals surface area contributed by atoms with Gasteiger partial charge in [-0.05, 0) is 108 Å². The van der Waals surface area contributed by atoms with Gasteiger partial charge in [0.15, 0.2) is 0 Å². The Labute approximate surface area is 658 Å². The monoisotopic (exact) mass is 1600 g/mol. The number of aliphatic carboxylic acids is 1. The van der Waals surface area contributed by atoms with E-state index in [4.69, 9.17) is 17.2 Å². The second kappa shape index (κ2) is 47.6. The number of rotatable bonds is 48. The molecule has 24 N–H and O–H groups in total. The van der Waals surface area contributed by atoms with Crippen LogP contribution in [0.3, 0.4) is 0 Å². The smallest absolute Gasteiger partial charge is 0.327 e. The largest absolute Gasteiger partial charge is 0.480 e. The van der Waals surface area contributed by atoms with Crippen molar-refractivity contribution in [1.29, 1.82) is 0 Å². The quantitative estimate of drug-likeness (QED) is 0.0129. The summed E-state index contributed by atoms with van der Waals surface area (Å²) in [5, 5.41) is 74.8. The van der Waals surface area contributed by atoms with Crippen LogP contribution in [0, 0.1) is 0 Å². The molecule has 0 spiro atoms. The summed E-state index contributed by atoms with van der Waals surface area (Å²) < 4.78 is 0. The molecule has 4 aromatic carbocycles. The van der Waals surface area contributed by atoms with Gasteiger partial charge in [0.1, 0.15) is 72.5 Å². The van der Waals surface area contributed by atoms with Gasteiger partial charge in [0.25, 0.3) is 0 Å². The van der Waals surface area contributed by atoms with Gasteiger partial charge in [-0.25, -0.2) is 4.79 Å². The lowest BCUT2D eigenvalue weighted by Gasteiger charge is -2.29. The molecule has 0 aliphatic rings. The fraction of sp³-hybridized carbons (Fsp3) is 0.467. The Kier molecular flexibility index (Phi) is 39.1. The van der Waals surface area contributed by atoms with Gasteiger partial charge >= 0.3 is 5.97 Å². The number of benzene rings is 4. The number of hydrogen-bond acceptors (Lipinski definition) is 22. The first kappa shape index (κ1) is 92.1. The molecule has 5 rings (SSSR count). The molecule has 610 valence electrons. The fourth-order valence-corrected chi connectivity index (χ4v) is 12.0. The number of carbonyl (C=O) groups excluding carboxylic acids is 13. The van der Waals surface area contributed by atoms with Crippen LogP contribution in [0.25, 0.3) is 10.9 Å². The highest BCUT2D eigenvalue weighted by molar-refractivity contribution is 7.80. The molecule has 0 saturated carbocycles. The zero-order valence-corrected chi connectivity index (χ0v) is 64.4. The first-order valence-electron chi connectivity index (χ1n) is 36.6. The number of nitrogens with one attached hydrogen (secondary N) is 14. The molecule has 13 amide bonds. The first-order chi connectivity index (χ1) is 53.4. The normalized spacial score (nSPS) is 15.2. The van der Waals surface area contributed by atoms with E-state index < -0.39 is 187 Å². The number of aliphatic hydroxyl groups is 3. The second-order valence-electron chi connectivity index (χ2n) is 26.9. The number of hydrogen-bond donors (Lipinski definition) is 23. The van der Waals surface area contributed by atoms with Crippen LogP contribution in [0.15, 0.2) is 121 Å². The lowest BCUT2D eigenvalue weighted by Crippen LogP contribution is -2.63. The van der Waals surface area contributed by atoms with E-state index in [1.165, 1.54) is 13.8 Å². The standard InChI is InChI=1S/C75H105N17O18S2/c1-41(78)63(97)80-37-60(96)82-58(39-111)72(106)84-51(28-16-18-30-76)65(99)81-42(2)64(98)85-53(32-45-20-8-5-9-21-45)67(101)86-54(33-46-22-10-6-11-23-46)68(102)87-56(35-48-36-79-50-27-15-14-26-49(48)50)69(103)83-52(29-17-19-31-77)66(100)91-61(43(3)94)73(107)88-55(34-47-24-12-7-13-25-47)70(104)92-62(44(4)95)74(108)89-57(38-93)71(105)90-59(40-112)75(109)110/h5-15,20-27,36,41-44,51-59,61-62,79,93-95,111-112H,16-19,28-35,37-40,76-78H2,1-4H3,(H,80,97)(H,81,99)(H,82,96)(H,83,103)(H,84,106)(H,85,98)(H,86,101)(H,87,102)(H,88,107)(H,89,108)(H,90,105)(H,91,100)(H,92,104)(H,109,110)/t41-,42+,43+,44+,51-,52-,53-,54-,55-,56+,57-,58-,59-,61-,62-/m0/s1. The highest BCUT2D eigenvalue weighted by Crippen LogP contribution is 2.21. The van der Waals surface area contributed by atoms with Crippen molar-refractivity contribution in [3.63, 3.8) is 0 Å². The van der Waals surface area contributed by atoms with E-state index in [0.717, 1.165) is 13.8 Å². The van der Waals surface area contributed by atoms with Crippen LogP contribution in [0.5, 0.6) is 0 Å². The maximum absolute atomic E-state index is 15.3. The molecule has 112 heavy (non-hydrogen) atoms. The molecule has 37 heteroatoms. The van der Waals surface area contributed by atoms with Crippen LogP contribution in [0.2, 0.25) is 0 Å². The molecule has 0 radical (unpaired) electrons. The maximum Gasteiger partial charge on any atom is 0.327 e. The first-order valence-corrected chi connectivity index (χ1v) is 37.8. The molecule has 0 aliphatic carbocycles. The minimum absolute atomic E-state index is 0.0374. The van der Waals surface area contributed by atoms with Crippen LogP contribution in [0.4, 0.5) is 0 Å². The maximum atomic E-state index is 15.3. The third-order valence-electron chi connectivity index (χ3n) is 17.8. The topological polar surface area (TPSA) is 570 Å². The number of nitrogens with two attached hydrogens (primary N) is 3. The van der Waals surface area contributed by atoms with Crippen molar-refractivity contribution in [2.75, 3.05) is 37.7 Å². The summed E-state index contributed by atoms with van der Waals surface area (Å²) in [6, 6.07) is 12.5. The zero-order chi connectivity index (χ0) is 82.6. The predicted molar refractivity (Wildman–Crippen MR) is 420 cm³/mol. The van der Waals surface area contributed by atoms with E-state index >= 15 is 14.4 Å². The van der Waals surface area contributed by atoms with Crippen molar-refractivity contribution in [2.45, 2.75) is 183 Å². The van der Waals surface area contributed by atoms with Gasteiger partial charge < -0.3 is 112 Å². The summed E-state index contributed by atoms with van der Waals surface area (Å²) in [6.45, 7) is 3.85. The molecule has 1 heterocycles. The van der Waals surface area contributed by atoms with Gasteiger partial charge in [-0.15, -0.1) is 0 Å². The third-order valence-corrected chi connectivity index (χ3v) is 18.5. The molecule has 0 aliphatic heterocycles. The summed E-state index contributed by atoms with van der Waals surface area (Å²) in [7, 11) is 0. The summed E-state index contributed by atoms with van der Waals surface area (Å²) in [6.07, 6.45) is -1.51. The van der Waals surface area contributed by atoms with E-state index in [1.807, 2.05) is 0 Å². The van der Waals surface area contributed by atoms with E-state index in [-0.39, 0.29) is 69.5 Å². The summed E-state index contributed by atoms with van der Waals surface area (Å²) in [5.41, 5.74) is 19.9. The van der Waals surface area contributed by atoms with Gasteiger partial charge in [0.05, 0.1) is 31.4 Å². The van der Waals surface area contributed by atoms with Gasteiger partial charge in [0.2, 0.25) is 76.8 Å². The number of aromatic amines is 1. The van der Waals surface area contributed by atoms with Crippen molar-refractivity contribution >= 4 is 119 Å². The van der Waals surface area contributed by atoms with Gasteiger partial charge in [-0.3, -0.25) is 62.3 Å². The Morgan fingerprint density at radius 3 is 1.18 bits per heavy atom. The average Bonchev–Trinajstić information content (AvgIpc) is 1.65.